The van der Waals surface area contributed by atoms with E-state index in [0.29, 0.717) is 71.8 Å². The van der Waals surface area contributed by atoms with Gasteiger partial charge in [0.15, 0.2) is 12.3 Å². The SMILES string of the molecule is CCCn1c(=O)c2[nH]c(-c3ccc(OCC(=O)N(CCN)C(N)=S(C(=S)NCCN)c4ccc(N)cc4)cc3)nc2n(CCC)c1=O. The van der Waals surface area contributed by atoms with E-state index in [1.54, 1.807) is 36.4 Å². The van der Waals surface area contributed by atoms with Crippen LogP contribution in [0.4, 0.5) is 5.69 Å². The summed E-state index contributed by atoms with van der Waals surface area (Å²) in [5, 5.41) is 3.34. The van der Waals surface area contributed by atoms with Gasteiger partial charge in [-0.3, -0.25) is 29.4 Å². The van der Waals surface area contributed by atoms with Gasteiger partial charge in [-0.1, -0.05) is 36.5 Å². The maximum atomic E-state index is 13.5. The van der Waals surface area contributed by atoms with E-state index in [9.17, 15) is 14.4 Å². The van der Waals surface area contributed by atoms with E-state index in [-0.39, 0.29) is 36.0 Å². The van der Waals surface area contributed by atoms with Gasteiger partial charge in [0.25, 0.3) is 11.5 Å². The highest BCUT2D eigenvalue weighted by molar-refractivity contribution is 8.34. The first kappa shape index (κ1) is 35.5. The van der Waals surface area contributed by atoms with Crippen LogP contribution in [0.5, 0.6) is 5.75 Å². The number of amides is 1. The molecule has 14 nitrogen and oxygen atoms in total. The van der Waals surface area contributed by atoms with Gasteiger partial charge >= 0.3 is 5.69 Å². The topological polar surface area (TPSA) is 218 Å². The fraction of sp³-hybridized carbons (Fsp3) is 0.355. The van der Waals surface area contributed by atoms with Crippen molar-refractivity contribution in [2.75, 3.05) is 38.5 Å². The highest BCUT2D eigenvalue weighted by atomic mass is 32.2. The first-order valence-electron chi connectivity index (χ1n) is 15.3. The molecule has 0 aliphatic carbocycles. The van der Waals surface area contributed by atoms with E-state index in [2.05, 4.69) is 15.3 Å². The van der Waals surface area contributed by atoms with Gasteiger partial charge in [0, 0.05) is 55.4 Å². The molecule has 252 valence electrons. The van der Waals surface area contributed by atoms with E-state index in [4.69, 9.17) is 39.9 Å². The summed E-state index contributed by atoms with van der Waals surface area (Å²) in [6.45, 7) is 5.44. The summed E-state index contributed by atoms with van der Waals surface area (Å²) in [5.74, 6) is 0.458. The maximum Gasteiger partial charge on any atom is 0.332 e. The molecule has 0 bridgehead atoms. The lowest BCUT2D eigenvalue weighted by atomic mass is 10.2. The summed E-state index contributed by atoms with van der Waals surface area (Å²) >= 11 is 5.66. The van der Waals surface area contributed by atoms with Gasteiger partial charge < -0.3 is 32.2 Å². The Bertz CT molecular complexity index is 1860. The molecule has 0 aliphatic heterocycles. The third-order valence-electron chi connectivity index (χ3n) is 7.09. The number of H-pyrrole nitrogens is 1. The minimum atomic E-state index is -0.986. The molecule has 0 spiro atoms. The number of nitrogens with zero attached hydrogens (tertiary/aromatic N) is 4. The Hall–Kier alpha value is -4.35. The Morgan fingerprint density at radius 3 is 2.30 bits per heavy atom. The molecular weight excluding hydrogens is 641 g/mol. The second-order valence-corrected chi connectivity index (χ2v) is 13.1. The molecule has 2 aromatic heterocycles. The standard InChI is InChI=1S/C31H42N10O4S2/c1-3-16-40-27-25(28(43)41(17-4-2)31(40)44)37-26(38-27)20-5-9-22(10-6-20)45-19-24(42)39(18-14-33)29(35)47(30(46)36-15-13-32)23-11-7-21(34)8-12-23/h5-12H,3-4,13-19,32-35H2,1-2H3,(H,36,46)(H,37,38). The molecule has 16 heteroatoms. The first-order chi connectivity index (χ1) is 22.6. The van der Waals surface area contributed by atoms with Gasteiger partial charge in [-0.25, -0.2) is 9.78 Å². The molecule has 1 atom stereocenters. The molecule has 0 aliphatic rings. The molecule has 0 saturated carbocycles. The average molecular weight is 683 g/mol. The molecule has 4 rings (SSSR count). The second kappa shape index (κ2) is 16.5. The lowest BCUT2D eigenvalue weighted by Crippen LogP contribution is -2.47. The largest absolute Gasteiger partial charge is 0.484 e. The van der Waals surface area contributed by atoms with Gasteiger partial charge in [-0.2, -0.15) is 0 Å². The number of aromatic nitrogens is 4. The molecule has 0 saturated heterocycles. The molecule has 4 aromatic rings. The Morgan fingerprint density at radius 1 is 1.02 bits per heavy atom. The van der Waals surface area contributed by atoms with Crippen LogP contribution in [0.3, 0.4) is 0 Å². The number of benzene rings is 2. The van der Waals surface area contributed by atoms with Crippen LogP contribution in [-0.2, 0) is 17.9 Å². The number of thiocarbonyl (C=S) groups is 1. The molecule has 1 unspecified atom stereocenters. The minimum Gasteiger partial charge on any atom is -0.484 e. The first-order valence-corrected chi connectivity index (χ1v) is 17.0. The molecule has 2 aromatic carbocycles. The highest BCUT2D eigenvalue weighted by Gasteiger charge is 2.22. The van der Waals surface area contributed by atoms with Crippen molar-refractivity contribution in [1.82, 2.24) is 29.3 Å². The fourth-order valence-corrected chi connectivity index (χ4v) is 7.21. The number of nitrogen functional groups attached to an aromatic ring is 1. The number of rotatable bonds is 13. The van der Waals surface area contributed by atoms with Crippen LogP contribution in [0.25, 0.3) is 22.6 Å². The Kier molecular flexibility index (Phi) is 12.4. The maximum absolute atomic E-state index is 13.5. The van der Waals surface area contributed by atoms with Crippen molar-refractivity contribution in [3.63, 3.8) is 0 Å². The normalized spacial score (nSPS) is 12.1. The van der Waals surface area contributed by atoms with E-state index in [1.807, 2.05) is 26.0 Å². The summed E-state index contributed by atoms with van der Waals surface area (Å²) in [6.07, 6.45) is 1.36. The van der Waals surface area contributed by atoms with Crippen LogP contribution in [0.15, 0.2) is 63.0 Å². The molecule has 10 N–H and O–H groups in total. The molecule has 2 heterocycles. The molecular formula is C31H42N10O4S2. The number of aryl methyl sites for hydroxylation is 1. The number of imidazole rings is 1. The van der Waals surface area contributed by atoms with Gasteiger partial charge in [0.2, 0.25) is 0 Å². The van der Waals surface area contributed by atoms with Crippen molar-refractivity contribution in [3.05, 3.63) is 69.4 Å². The second-order valence-electron chi connectivity index (χ2n) is 10.5. The van der Waals surface area contributed by atoms with Crippen molar-refractivity contribution in [3.8, 4) is 17.1 Å². The van der Waals surface area contributed by atoms with Crippen molar-refractivity contribution < 1.29 is 9.53 Å². The molecule has 0 fully saturated rings. The van der Waals surface area contributed by atoms with Crippen LogP contribution in [0, 0.1) is 0 Å². The van der Waals surface area contributed by atoms with Crippen molar-refractivity contribution in [2.45, 2.75) is 44.7 Å². The molecule has 0 radical (unpaired) electrons. The zero-order valence-corrected chi connectivity index (χ0v) is 28.2. The zero-order chi connectivity index (χ0) is 34.1. The quantitative estimate of drug-likeness (QED) is 0.0873. The number of anilines is 1. The number of aromatic amines is 1. The number of hydrogen-bond donors (Lipinski definition) is 6. The van der Waals surface area contributed by atoms with Gasteiger partial charge in [-0.15, -0.1) is 0 Å². The number of nitrogens with one attached hydrogen (secondary N) is 2. The van der Waals surface area contributed by atoms with Gasteiger partial charge in [0.05, 0.1) is 0 Å². The third kappa shape index (κ3) is 8.15. The highest BCUT2D eigenvalue weighted by Crippen LogP contribution is 2.30. The predicted octanol–water partition coefficient (Wildman–Crippen LogP) is 1.33. The Morgan fingerprint density at radius 2 is 1.68 bits per heavy atom. The van der Waals surface area contributed by atoms with E-state index in [1.165, 1.54) is 14.0 Å². The van der Waals surface area contributed by atoms with Gasteiger partial charge in [-0.05, 0) is 61.4 Å². The Balaban J connectivity index is 1.57. The Labute approximate surface area is 280 Å². The zero-order valence-electron chi connectivity index (χ0n) is 26.5. The average Bonchev–Trinajstić information content (AvgIpc) is 3.52. The summed E-state index contributed by atoms with van der Waals surface area (Å²) in [7, 11) is -0.986. The number of carbonyl (C=O) groups excluding carboxylic acids is 1. The van der Waals surface area contributed by atoms with Crippen LogP contribution < -0.4 is 44.2 Å². The smallest absolute Gasteiger partial charge is 0.332 e. The van der Waals surface area contributed by atoms with E-state index < -0.39 is 22.0 Å². The minimum absolute atomic E-state index is 0.153. The van der Waals surface area contributed by atoms with Gasteiger partial charge in [0.1, 0.15) is 26.5 Å². The lowest BCUT2D eigenvalue weighted by Gasteiger charge is -2.26. The summed E-state index contributed by atoms with van der Waals surface area (Å²) < 4.78 is 9.05. The number of hydrogen-bond acceptors (Lipinski definition) is 9. The number of ether oxygens (including phenoxy) is 1. The third-order valence-corrected chi connectivity index (χ3v) is 9.63. The number of fused-ring (bicyclic) bond motifs is 1. The summed E-state index contributed by atoms with van der Waals surface area (Å²) in [6, 6.07) is 14.0. The predicted molar refractivity (Wildman–Crippen MR) is 192 cm³/mol. The number of nitrogens with two attached hydrogens (primary N) is 4. The summed E-state index contributed by atoms with van der Waals surface area (Å²) in [5.41, 5.74) is 25.1. The summed E-state index contributed by atoms with van der Waals surface area (Å²) in [4.78, 5) is 49.4. The lowest BCUT2D eigenvalue weighted by molar-refractivity contribution is -0.129. The van der Waals surface area contributed by atoms with Crippen molar-refractivity contribution in [1.29, 1.82) is 0 Å². The van der Waals surface area contributed by atoms with Crippen LogP contribution in [0.2, 0.25) is 0 Å². The monoisotopic (exact) mass is 682 g/mol. The molecule has 1 amide bonds. The van der Waals surface area contributed by atoms with Crippen LogP contribution >= 0.6 is 22.7 Å². The van der Waals surface area contributed by atoms with E-state index in [0.717, 1.165) is 4.90 Å². The molecule has 47 heavy (non-hydrogen) atoms. The fourth-order valence-electron chi connectivity index (χ4n) is 4.85. The van der Waals surface area contributed by atoms with Crippen molar-refractivity contribution in [2.24, 2.45) is 17.2 Å². The van der Waals surface area contributed by atoms with Crippen molar-refractivity contribution >= 4 is 54.9 Å². The van der Waals surface area contributed by atoms with Crippen LogP contribution in [0.1, 0.15) is 26.7 Å². The number of carbonyl (C=O) groups is 1. The van der Waals surface area contributed by atoms with Crippen LogP contribution in [-0.4, -0.2) is 72.1 Å². The van der Waals surface area contributed by atoms with E-state index >= 15 is 0 Å².